The minimum absolute atomic E-state index is 0.0693. The molecular weight excluding hydrogens is 460 g/mol. The highest BCUT2D eigenvalue weighted by Gasteiger charge is 2.17. The lowest BCUT2D eigenvalue weighted by Gasteiger charge is -2.10. The van der Waals surface area contributed by atoms with Crippen LogP contribution in [0.25, 0.3) is 17.1 Å². The molecule has 0 spiro atoms. The number of halogens is 3. The molecule has 0 aliphatic heterocycles. The lowest BCUT2D eigenvalue weighted by molar-refractivity contribution is -0.113. The fourth-order valence-corrected chi connectivity index (χ4v) is 4.11. The molecule has 0 fully saturated rings. The SMILES string of the molecule is O=C(CSc1nnc(-c2ccncc2)n1-c1ccc(F)cc1)Nc1cc(Cl)cc(Cl)c1. The predicted octanol–water partition coefficient (Wildman–Crippen LogP) is 5.51. The van der Waals surface area contributed by atoms with Gasteiger partial charge in [-0.1, -0.05) is 35.0 Å². The Balaban J connectivity index is 1.58. The predicted molar refractivity (Wildman–Crippen MR) is 120 cm³/mol. The minimum atomic E-state index is -0.351. The summed E-state index contributed by atoms with van der Waals surface area (Å²) < 4.78 is 15.2. The van der Waals surface area contributed by atoms with Gasteiger partial charge >= 0.3 is 0 Å². The van der Waals surface area contributed by atoms with E-state index < -0.39 is 0 Å². The molecule has 0 unspecified atom stereocenters. The molecule has 0 bridgehead atoms. The molecule has 4 rings (SSSR count). The summed E-state index contributed by atoms with van der Waals surface area (Å²) >= 11 is 13.1. The second-order valence-electron chi connectivity index (χ2n) is 6.35. The average Bonchev–Trinajstić information content (AvgIpc) is 3.17. The average molecular weight is 474 g/mol. The number of anilines is 1. The highest BCUT2D eigenvalue weighted by molar-refractivity contribution is 7.99. The third-order valence-corrected chi connectivity index (χ3v) is 5.50. The fraction of sp³-hybridized carbons (Fsp3) is 0.0476. The van der Waals surface area contributed by atoms with Gasteiger partial charge in [0.05, 0.1) is 5.75 Å². The molecule has 1 amide bonds. The van der Waals surface area contributed by atoms with E-state index in [1.54, 1.807) is 59.4 Å². The molecular formula is C21H14Cl2FN5OS. The molecule has 2 aromatic heterocycles. The van der Waals surface area contributed by atoms with Crippen LogP contribution >= 0.6 is 35.0 Å². The summed E-state index contributed by atoms with van der Waals surface area (Å²) in [6.45, 7) is 0. The van der Waals surface area contributed by atoms with Crippen LogP contribution in [0, 0.1) is 5.82 Å². The first-order chi connectivity index (χ1) is 15.0. The second kappa shape index (κ2) is 9.47. The molecule has 31 heavy (non-hydrogen) atoms. The summed E-state index contributed by atoms with van der Waals surface area (Å²) in [7, 11) is 0. The van der Waals surface area contributed by atoms with Crippen molar-refractivity contribution < 1.29 is 9.18 Å². The Morgan fingerprint density at radius 1 is 1.00 bits per heavy atom. The van der Waals surface area contributed by atoms with Crippen LogP contribution in [0.5, 0.6) is 0 Å². The van der Waals surface area contributed by atoms with Gasteiger partial charge in [0.25, 0.3) is 0 Å². The largest absolute Gasteiger partial charge is 0.325 e. The standard InChI is InChI=1S/C21H14Cl2FN5OS/c22-14-9-15(23)11-17(10-14)26-19(30)12-31-21-28-27-20(13-5-7-25-8-6-13)29(21)18-3-1-16(24)2-4-18/h1-11H,12H2,(H,26,30). The molecule has 156 valence electrons. The van der Waals surface area contributed by atoms with Crippen molar-refractivity contribution in [2.45, 2.75) is 5.16 Å². The Kier molecular flexibility index (Phi) is 6.50. The van der Waals surface area contributed by atoms with Gasteiger partial charge in [-0.25, -0.2) is 4.39 Å². The number of carbonyl (C=O) groups is 1. The van der Waals surface area contributed by atoms with Crippen LogP contribution in [0.4, 0.5) is 10.1 Å². The molecule has 0 saturated carbocycles. The number of thioether (sulfide) groups is 1. The van der Waals surface area contributed by atoms with E-state index in [9.17, 15) is 9.18 Å². The van der Waals surface area contributed by atoms with Crippen LogP contribution in [0.15, 0.2) is 72.1 Å². The zero-order chi connectivity index (χ0) is 21.8. The number of aromatic nitrogens is 4. The molecule has 10 heteroatoms. The third kappa shape index (κ3) is 5.22. The normalized spacial score (nSPS) is 10.8. The van der Waals surface area contributed by atoms with Crippen LogP contribution in [-0.2, 0) is 4.79 Å². The number of pyridine rings is 1. The molecule has 0 saturated heterocycles. The van der Waals surface area contributed by atoms with Crippen LogP contribution in [0.3, 0.4) is 0 Å². The van der Waals surface area contributed by atoms with Crippen LogP contribution in [-0.4, -0.2) is 31.4 Å². The summed E-state index contributed by atoms with van der Waals surface area (Å²) in [6, 6.07) is 14.4. The van der Waals surface area contributed by atoms with Crippen molar-refractivity contribution in [3.8, 4) is 17.1 Å². The molecule has 1 N–H and O–H groups in total. The van der Waals surface area contributed by atoms with Gasteiger partial charge < -0.3 is 5.32 Å². The van der Waals surface area contributed by atoms with E-state index >= 15 is 0 Å². The molecule has 0 radical (unpaired) electrons. The number of amides is 1. The van der Waals surface area contributed by atoms with Gasteiger partial charge in [0.15, 0.2) is 11.0 Å². The number of rotatable bonds is 6. The molecule has 4 aromatic rings. The van der Waals surface area contributed by atoms with Gasteiger partial charge in [-0.2, -0.15) is 0 Å². The van der Waals surface area contributed by atoms with Gasteiger partial charge in [0, 0.05) is 39.4 Å². The molecule has 0 aliphatic rings. The number of hydrogen-bond donors (Lipinski definition) is 1. The number of nitrogens with one attached hydrogen (secondary N) is 1. The quantitative estimate of drug-likeness (QED) is 0.374. The Labute approximate surface area is 191 Å². The summed E-state index contributed by atoms with van der Waals surface area (Å²) in [5.74, 6) is 0.0110. The Morgan fingerprint density at radius 2 is 1.68 bits per heavy atom. The number of nitrogens with zero attached hydrogens (tertiary/aromatic N) is 4. The monoisotopic (exact) mass is 473 g/mol. The second-order valence-corrected chi connectivity index (χ2v) is 8.16. The van der Waals surface area contributed by atoms with Crippen LogP contribution < -0.4 is 5.32 Å². The molecule has 6 nitrogen and oxygen atoms in total. The number of benzene rings is 2. The first-order valence-electron chi connectivity index (χ1n) is 9.00. The van der Waals surface area contributed by atoms with E-state index in [1.807, 2.05) is 0 Å². The van der Waals surface area contributed by atoms with Crippen molar-refractivity contribution in [3.63, 3.8) is 0 Å². The van der Waals surface area contributed by atoms with Gasteiger partial charge in [-0.3, -0.25) is 14.3 Å². The number of hydrogen-bond acceptors (Lipinski definition) is 5. The Bertz CT molecular complexity index is 1200. The van der Waals surface area contributed by atoms with Crippen molar-refractivity contribution in [1.29, 1.82) is 0 Å². The summed E-state index contributed by atoms with van der Waals surface area (Å²) in [5.41, 5.74) is 1.96. The van der Waals surface area contributed by atoms with Crippen molar-refractivity contribution in [3.05, 3.63) is 82.9 Å². The van der Waals surface area contributed by atoms with Crippen molar-refractivity contribution >= 4 is 46.6 Å². The summed E-state index contributed by atoms with van der Waals surface area (Å²) in [4.78, 5) is 16.5. The van der Waals surface area contributed by atoms with Crippen molar-refractivity contribution in [2.24, 2.45) is 0 Å². The lowest BCUT2D eigenvalue weighted by atomic mass is 10.2. The minimum Gasteiger partial charge on any atom is -0.325 e. The third-order valence-electron chi connectivity index (χ3n) is 4.14. The fourth-order valence-electron chi connectivity index (χ4n) is 2.83. The van der Waals surface area contributed by atoms with E-state index in [0.717, 1.165) is 5.56 Å². The Morgan fingerprint density at radius 3 is 2.35 bits per heavy atom. The van der Waals surface area contributed by atoms with E-state index in [2.05, 4.69) is 20.5 Å². The molecule has 0 atom stereocenters. The summed E-state index contributed by atoms with van der Waals surface area (Å²) in [6.07, 6.45) is 3.30. The maximum Gasteiger partial charge on any atom is 0.234 e. The highest BCUT2D eigenvalue weighted by Crippen LogP contribution is 2.28. The molecule has 2 heterocycles. The van der Waals surface area contributed by atoms with E-state index in [0.29, 0.717) is 32.4 Å². The highest BCUT2D eigenvalue weighted by atomic mass is 35.5. The first-order valence-corrected chi connectivity index (χ1v) is 10.7. The maximum atomic E-state index is 13.4. The Hall–Kier alpha value is -2.94. The topological polar surface area (TPSA) is 72.7 Å². The molecule has 2 aromatic carbocycles. The van der Waals surface area contributed by atoms with Crippen molar-refractivity contribution in [2.75, 3.05) is 11.1 Å². The number of carbonyl (C=O) groups excluding carboxylic acids is 1. The van der Waals surface area contributed by atoms with E-state index in [4.69, 9.17) is 23.2 Å². The van der Waals surface area contributed by atoms with Gasteiger partial charge in [0.1, 0.15) is 5.82 Å². The smallest absolute Gasteiger partial charge is 0.234 e. The zero-order valence-corrected chi connectivity index (χ0v) is 18.1. The van der Waals surface area contributed by atoms with E-state index in [-0.39, 0.29) is 17.5 Å². The van der Waals surface area contributed by atoms with Gasteiger partial charge in [-0.05, 0) is 54.6 Å². The van der Waals surface area contributed by atoms with Crippen LogP contribution in [0.2, 0.25) is 10.0 Å². The molecule has 0 aliphatic carbocycles. The van der Waals surface area contributed by atoms with Gasteiger partial charge in [0.2, 0.25) is 5.91 Å². The summed E-state index contributed by atoms with van der Waals surface area (Å²) in [5, 5.41) is 12.6. The van der Waals surface area contributed by atoms with Crippen molar-refractivity contribution in [1.82, 2.24) is 19.7 Å². The van der Waals surface area contributed by atoms with E-state index in [1.165, 1.54) is 23.9 Å². The zero-order valence-electron chi connectivity index (χ0n) is 15.8. The van der Waals surface area contributed by atoms with Gasteiger partial charge in [-0.15, -0.1) is 10.2 Å². The van der Waals surface area contributed by atoms with Crippen LogP contribution in [0.1, 0.15) is 0 Å². The lowest BCUT2D eigenvalue weighted by Crippen LogP contribution is -2.14. The maximum absolute atomic E-state index is 13.4. The first kappa shape index (κ1) is 21.3.